The van der Waals surface area contributed by atoms with Crippen LogP contribution in [0.1, 0.15) is 6.42 Å². The molecule has 1 aliphatic rings. The smallest absolute Gasteiger partial charge is 0.267 e. The number of guanidine groups is 1. The summed E-state index contributed by atoms with van der Waals surface area (Å²) in [6.45, 7) is -0.495. The van der Waals surface area contributed by atoms with E-state index in [-0.39, 0.29) is 29.6 Å². The highest BCUT2D eigenvalue weighted by atomic mass is 35.5. The summed E-state index contributed by atoms with van der Waals surface area (Å²) in [6, 6.07) is 3.76. The summed E-state index contributed by atoms with van der Waals surface area (Å²) in [5, 5.41) is 8.89. The third kappa shape index (κ3) is 3.30. The van der Waals surface area contributed by atoms with Gasteiger partial charge < -0.3 is 4.90 Å². The lowest BCUT2D eigenvalue weighted by molar-refractivity contribution is 0.0167. The molecule has 0 saturated carbocycles. The molecule has 1 saturated heterocycles. The molecule has 1 fully saturated rings. The van der Waals surface area contributed by atoms with Crippen molar-refractivity contribution < 1.29 is 18.4 Å². The van der Waals surface area contributed by atoms with Crippen molar-refractivity contribution >= 4 is 23.2 Å². The molecule has 19 heavy (non-hydrogen) atoms. The van der Waals surface area contributed by atoms with Crippen LogP contribution in [0, 0.1) is 5.82 Å². The summed E-state index contributed by atoms with van der Waals surface area (Å²) in [4.78, 5) is 5.06. The van der Waals surface area contributed by atoms with E-state index in [1.807, 2.05) is 0 Å². The number of benzene rings is 1. The molecule has 0 spiro atoms. The van der Waals surface area contributed by atoms with Crippen LogP contribution in [0.4, 0.5) is 18.9 Å². The highest BCUT2D eigenvalue weighted by molar-refractivity contribution is 6.30. The first-order chi connectivity index (χ1) is 8.91. The van der Waals surface area contributed by atoms with Crippen molar-refractivity contribution in [1.29, 1.82) is 0 Å². The molecule has 0 aliphatic carbocycles. The van der Waals surface area contributed by atoms with Gasteiger partial charge in [0.05, 0.1) is 17.3 Å². The fraction of sp³-hybridized carbons (Fsp3) is 0.364. The zero-order chi connectivity index (χ0) is 14.0. The Morgan fingerprint density at radius 1 is 1.47 bits per heavy atom. The number of hydrogen-bond donors (Lipinski definition) is 2. The van der Waals surface area contributed by atoms with Crippen LogP contribution in [0.3, 0.4) is 0 Å². The van der Waals surface area contributed by atoms with Gasteiger partial charge in [-0.3, -0.25) is 5.21 Å². The average molecular weight is 294 g/mol. The van der Waals surface area contributed by atoms with Crippen LogP contribution in [-0.4, -0.2) is 35.1 Å². The number of nitrogens with one attached hydrogen (secondary N) is 1. The average Bonchev–Trinajstić information content (AvgIpc) is 2.71. The maximum absolute atomic E-state index is 13.2. The minimum Gasteiger partial charge on any atom is -0.335 e. The monoisotopic (exact) mass is 293 g/mol. The minimum absolute atomic E-state index is 0.0511. The minimum atomic E-state index is -2.82. The number of hydrogen-bond acceptors (Lipinski definition) is 2. The molecule has 0 unspecified atom stereocenters. The highest BCUT2D eigenvalue weighted by Gasteiger charge is 2.39. The summed E-state index contributed by atoms with van der Waals surface area (Å²) in [5.74, 6) is -3.64. The van der Waals surface area contributed by atoms with Gasteiger partial charge in [0.2, 0.25) is 5.96 Å². The Bertz CT molecular complexity index is 510. The summed E-state index contributed by atoms with van der Waals surface area (Å²) in [5.41, 5.74) is 1.91. The zero-order valence-electron chi connectivity index (χ0n) is 9.71. The lowest BCUT2D eigenvalue weighted by Gasteiger charge is -2.18. The topological polar surface area (TPSA) is 47.9 Å². The molecule has 0 radical (unpaired) electrons. The van der Waals surface area contributed by atoms with Gasteiger partial charge in [0.25, 0.3) is 5.92 Å². The van der Waals surface area contributed by atoms with E-state index in [1.165, 1.54) is 17.0 Å². The van der Waals surface area contributed by atoms with Gasteiger partial charge in [-0.05, 0) is 12.1 Å². The molecule has 0 atom stereocenters. The van der Waals surface area contributed by atoms with Crippen LogP contribution in [0.5, 0.6) is 0 Å². The molecule has 1 heterocycles. The molecule has 1 aliphatic heterocycles. The summed E-state index contributed by atoms with van der Waals surface area (Å²) >= 11 is 5.52. The molecule has 8 heteroatoms. The summed E-state index contributed by atoms with van der Waals surface area (Å²) in [7, 11) is 0. The second-order valence-electron chi connectivity index (χ2n) is 4.17. The van der Waals surface area contributed by atoms with Gasteiger partial charge >= 0.3 is 0 Å². The fourth-order valence-electron chi connectivity index (χ4n) is 1.76. The lowest BCUT2D eigenvalue weighted by Crippen LogP contribution is -2.39. The molecule has 0 amide bonds. The molecule has 1 aromatic rings. The van der Waals surface area contributed by atoms with Gasteiger partial charge in [-0.1, -0.05) is 11.6 Å². The predicted octanol–water partition coefficient (Wildman–Crippen LogP) is 2.79. The van der Waals surface area contributed by atoms with Gasteiger partial charge in [0.1, 0.15) is 5.82 Å². The Morgan fingerprint density at radius 2 is 2.21 bits per heavy atom. The largest absolute Gasteiger partial charge is 0.335 e. The predicted molar refractivity (Wildman–Crippen MR) is 64.6 cm³/mol. The van der Waals surface area contributed by atoms with Crippen LogP contribution < -0.4 is 5.48 Å². The van der Waals surface area contributed by atoms with Crippen molar-refractivity contribution in [3.8, 4) is 0 Å². The van der Waals surface area contributed by atoms with Gasteiger partial charge in [-0.15, -0.1) is 0 Å². The van der Waals surface area contributed by atoms with E-state index in [2.05, 4.69) is 4.99 Å². The Hall–Kier alpha value is -1.47. The number of hydroxylamine groups is 1. The fourth-order valence-corrected chi connectivity index (χ4v) is 1.88. The van der Waals surface area contributed by atoms with E-state index in [0.29, 0.717) is 0 Å². The number of likely N-dealkylation sites (tertiary alicyclic amines) is 1. The SMILES string of the molecule is ONC(=Nc1ccc(Cl)c(F)c1)N1CCC(F)(F)C1. The lowest BCUT2D eigenvalue weighted by atomic mass is 10.3. The third-order valence-corrected chi connectivity index (χ3v) is 3.01. The van der Waals surface area contributed by atoms with Crippen LogP contribution >= 0.6 is 11.6 Å². The highest BCUT2D eigenvalue weighted by Crippen LogP contribution is 2.27. The molecule has 4 nitrogen and oxygen atoms in total. The maximum atomic E-state index is 13.2. The first kappa shape index (κ1) is 14.0. The number of alkyl halides is 2. The first-order valence-electron chi connectivity index (χ1n) is 5.48. The second-order valence-corrected chi connectivity index (χ2v) is 4.58. The molecular weight excluding hydrogens is 283 g/mol. The van der Waals surface area contributed by atoms with Crippen LogP contribution in [-0.2, 0) is 0 Å². The van der Waals surface area contributed by atoms with Crippen LogP contribution in [0.25, 0.3) is 0 Å². The second kappa shape index (κ2) is 5.26. The number of rotatable bonds is 1. The van der Waals surface area contributed by atoms with E-state index in [1.54, 1.807) is 5.48 Å². The Kier molecular flexibility index (Phi) is 3.86. The van der Waals surface area contributed by atoms with Crippen molar-refractivity contribution in [3.63, 3.8) is 0 Å². The van der Waals surface area contributed by atoms with E-state index < -0.39 is 18.3 Å². The number of aliphatic imine (C=N–C) groups is 1. The standard InChI is InChI=1S/C11H11ClF3N3O/c12-8-2-1-7(5-9(8)13)16-10(17-19)18-4-3-11(14,15)6-18/h1-2,5,19H,3-4,6H2,(H,16,17). The molecule has 0 aromatic heterocycles. The molecule has 1 aromatic carbocycles. The van der Waals surface area contributed by atoms with Gasteiger partial charge in [0, 0.05) is 19.0 Å². The molecular formula is C11H11ClF3N3O. The molecule has 104 valence electrons. The van der Waals surface area contributed by atoms with Crippen molar-refractivity contribution in [2.24, 2.45) is 4.99 Å². The zero-order valence-corrected chi connectivity index (χ0v) is 10.5. The van der Waals surface area contributed by atoms with Gasteiger partial charge in [-0.2, -0.15) is 0 Å². The molecule has 2 rings (SSSR count). The van der Waals surface area contributed by atoms with Crippen LogP contribution in [0.2, 0.25) is 5.02 Å². The van der Waals surface area contributed by atoms with E-state index >= 15 is 0 Å². The quantitative estimate of drug-likeness (QED) is 0.475. The van der Waals surface area contributed by atoms with Crippen LogP contribution in [0.15, 0.2) is 23.2 Å². The third-order valence-electron chi connectivity index (χ3n) is 2.71. The Labute approximate surface area is 112 Å². The van der Waals surface area contributed by atoms with E-state index in [0.717, 1.165) is 6.07 Å². The summed E-state index contributed by atoms with van der Waals surface area (Å²) < 4.78 is 39.3. The van der Waals surface area contributed by atoms with E-state index in [9.17, 15) is 13.2 Å². The summed E-state index contributed by atoms with van der Waals surface area (Å²) in [6.07, 6.45) is -0.317. The normalized spacial score (nSPS) is 18.8. The van der Waals surface area contributed by atoms with Crippen molar-refractivity contribution in [2.45, 2.75) is 12.3 Å². The van der Waals surface area contributed by atoms with Crippen molar-refractivity contribution in [1.82, 2.24) is 10.4 Å². The Morgan fingerprint density at radius 3 is 2.74 bits per heavy atom. The van der Waals surface area contributed by atoms with Crippen molar-refractivity contribution in [3.05, 3.63) is 29.0 Å². The van der Waals surface area contributed by atoms with Gasteiger partial charge in [-0.25, -0.2) is 23.6 Å². The van der Waals surface area contributed by atoms with Gasteiger partial charge in [0.15, 0.2) is 0 Å². The molecule has 0 bridgehead atoms. The van der Waals surface area contributed by atoms with E-state index in [4.69, 9.17) is 16.8 Å². The molecule has 2 N–H and O–H groups in total. The maximum Gasteiger partial charge on any atom is 0.267 e. The number of nitrogens with zero attached hydrogens (tertiary/aromatic N) is 2. The number of halogens is 4. The Balaban J connectivity index is 2.21. The van der Waals surface area contributed by atoms with Crippen molar-refractivity contribution in [2.75, 3.05) is 13.1 Å². The first-order valence-corrected chi connectivity index (χ1v) is 5.86.